The van der Waals surface area contributed by atoms with Crippen molar-refractivity contribution in [3.63, 3.8) is 0 Å². The lowest BCUT2D eigenvalue weighted by Gasteiger charge is -2.28. The Labute approximate surface area is 142 Å². The van der Waals surface area contributed by atoms with Crippen LogP contribution in [-0.2, 0) is 14.9 Å². The summed E-state index contributed by atoms with van der Waals surface area (Å²) in [7, 11) is 0. The number of esters is 1. The maximum absolute atomic E-state index is 12.1. The summed E-state index contributed by atoms with van der Waals surface area (Å²) in [5.41, 5.74) is 0.118. The summed E-state index contributed by atoms with van der Waals surface area (Å²) in [4.78, 5) is 20.2. The van der Waals surface area contributed by atoms with Crippen LogP contribution in [0.2, 0.25) is 0 Å². The standard InChI is InChI=1S/C19H21N3O2/c1-18(2,3)24-17(23)4-9-19(14-20,15-5-10-21-11-6-15)16-7-12-22-13-8-16/h5-8,10-13H,4,9H2,1-3H3. The van der Waals surface area contributed by atoms with Gasteiger partial charge in [0.25, 0.3) is 0 Å². The molecule has 0 aromatic carbocycles. The Morgan fingerprint density at radius 1 is 1.04 bits per heavy atom. The largest absolute Gasteiger partial charge is 0.460 e. The van der Waals surface area contributed by atoms with Gasteiger partial charge < -0.3 is 4.74 Å². The smallest absolute Gasteiger partial charge is 0.306 e. The average molecular weight is 323 g/mol. The van der Waals surface area contributed by atoms with Crippen LogP contribution in [-0.4, -0.2) is 21.5 Å². The average Bonchev–Trinajstić information content (AvgIpc) is 2.56. The highest BCUT2D eigenvalue weighted by Gasteiger charge is 2.35. The lowest BCUT2D eigenvalue weighted by Crippen LogP contribution is -2.29. The Balaban J connectivity index is 2.34. The summed E-state index contributed by atoms with van der Waals surface area (Å²) >= 11 is 0. The van der Waals surface area contributed by atoms with Gasteiger partial charge in [0.15, 0.2) is 0 Å². The summed E-state index contributed by atoms with van der Waals surface area (Å²) in [6.07, 6.45) is 7.07. The van der Waals surface area contributed by atoms with Crippen molar-refractivity contribution in [1.82, 2.24) is 9.97 Å². The molecule has 0 aliphatic rings. The van der Waals surface area contributed by atoms with Crippen LogP contribution in [0, 0.1) is 11.3 Å². The molecule has 0 radical (unpaired) electrons. The van der Waals surface area contributed by atoms with Crippen LogP contribution in [0.1, 0.15) is 44.7 Å². The normalized spacial score (nSPS) is 11.6. The number of nitrogens with zero attached hydrogens (tertiary/aromatic N) is 3. The first-order valence-corrected chi connectivity index (χ1v) is 7.81. The van der Waals surface area contributed by atoms with E-state index in [1.54, 1.807) is 49.1 Å². The van der Waals surface area contributed by atoms with E-state index in [0.29, 0.717) is 6.42 Å². The van der Waals surface area contributed by atoms with E-state index in [1.807, 2.05) is 20.8 Å². The van der Waals surface area contributed by atoms with E-state index in [4.69, 9.17) is 4.74 Å². The van der Waals surface area contributed by atoms with Gasteiger partial charge in [0.05, 0.1) is 6.07 Å². The van der Waals surface area contributed by atoms with Gasteiger partial charge in [-0.2, -0.15) is 5.26 Å². The van der Waals surface area contributed by atoms with Gasteiger partial charge in [0.1, 0.15) is 11.0 Å². The van der Waals surface area contributed by atoms with Crippen molar-refractivity contribution in [2.45, 2.75) is 44.6 Å². The third-order valence-corrected chi connectivity index (χ3v) is 3.66. The fourth-order valence-corrected chi connectivity index (χ4v) is 2.60. The topological polar surface area (TPSA) is 75.9 Å². The van der Waals surface area contributed by atoms with Crippen LogP contribution >= 0.6 is 0 Å². The van der Waals surface area contributed by atoms with E-state index in [0.717, 1.165) is 11.1 Å². The van der Waals surface area contributed by atoms with Crippen LogP contribution < -0.4 is 0 Å². The Bertz CT molecular complexity index is 676. The lowest BCUT2D eigenvalue weighted by atomic mass is 9.73. The second-order valence-corrected chi connectivity index (χ2v) is 6.58. The number of aromatic nitrogens is 2. The minimum Gasteiger partial charge on any atom is -0.460 e. The molecule has 2 aromatic rings. The highest BCUT2D eigenvalue weighted by molar-refractivity contribution is 5.70. The van der Waals surface area contributed by atoms with E-state index < -0.39 is 11.0 Å². The molecule has 124 valence electrons. The molecular formula is C19H21N3O2. The molecule has 0 saturated heterocycles. The maximum atomic E-state index is 12.1. The molecule has 5 heteroatoms. The molecule has 0 fully saturated rings. The van der Waals surface area contributed by atoms with Gasteiger partial charge >= 0.3 is 5.97 Å². The van der Waals surface area contributed by atoms with Crippen molar-refractivity contribution in [1.29, 1.82) is 5.26 Å². The van der Waals surface area contributed by atoms with Crippen LogP contribution in [0.3, 0.4) is 0 Å². The molecule has 5 nitrogen and oxygen atoms in total. The molecule has 0 aliphatic carbocycles. The highest BCUT2D eigenvalue weighted by Crippen LogP contribution is 2.36. The SMILES string of the molecule is CC(C)(C)OC(=O)CCC(C#N)(c1ccncc1)c1ccncc1. The number of ether oxygens (including phenoxy) is 1. The summed E-state index contributed by atoms with van der Waals surface area (Å²) < 4.78 is 5.38. The molecule has 2 aromatic heterocycles. The summed E-state index contributed by atoms with van der Waals surface area (Å²) in [6.45, 7) is 5.48. The Hall–Kier alpha value is -2.74. The molecule has 0 spiro atoms. The number of hydrogen-bond acceptors (Lipinski definition) is 5. The van der Waals surface area contributed by atoms with E-state index in [2.05, 4.69) is 16.0 Å². The summed E-state index contributed by atoms with van der Waals surface area (Å²) in [6, 6.07) is 9.62. The van der Waals surface area contributed by atoms with E-state index in [9.17, 15) is 10.1 Å². The number of pyridine rings is 2. The first-order chi connectivity index (χ1) is 11.4. The number of carbonyl (C=O) groups excluding carboxylic acids is 1. The molecule has 0 aliphatic heterocycles. The quantitative estimate of drug-likeness (QED) is 0.788. The predicted octanol–water partition coefficient (Wildman–Crippen LogP) is 3.41. The van der Waals surface area contributed by atoms with Gasteiger partial charge in [0.2, 0.25) is 0 Å². The van der Waals surface area contributed by atoms with Crippen LogP contribution in [0.15, 0.2) is 49.1 Å². The molecule has 24 heavy (non-hydrogen) atoms. The van der Waals surface area contributed by atoms with Crippen molar-refractivity contribution in [3.05, 3.63) is 60.2 Å². The molecule has 0 saturated carbocycles. The molecule has 0 N–H and O–H groups in total. The molecule has 0 amide bonds. The van der Waals surface area contributed by atoms with Gasteiger partial charge in [0, 0.05) is 31.2 Å². The zero-order valence-corrected chi connectivity index (χ0v) is 14.2. The third-order valence-electron chi connectivity index (χ3n) is 3.66. The fraction of sp³-hybridized carbons (Fsp3) is 0.368. The minimum absolute atomic E-state index is 0.148. The Kier molecular flexibility index (Phi) is 5.30. The second-order valence-electron chi connectivity index (χ2n) is 6.58. The van der Waals surface area contributed by atoms with Crippen molar-refractivity contribution in [2.75, 3.05) is 0 Å². The number of nitriles is 1. The van der Waals surface area contributed by atoms with Crippen molar-refractivity contribution >= 4 is 5.97 Å². The lowest BCUT2D eigenvalue weighted by molar-refractivity contribution is -0.155. The molecule has 0 unspecified atom stereocenters. The first-order valence-electron chi connectivity index (χ1n) is 7.81. The van der Waals surface area contributed by atoms with E-state index in [1.165, 1.54) is 0 Å². The Morgan fingerprint density at radius 3 is 1.88 bits per heavy atom. The zero-order chi connectivity index (χ0) is 17.6. The summed E-state index contributed by atoms with van der Waals surface area (Å²) in [5.74, 6) is -0.315. The van der Waals surface area contributed by atoms with Gasteiger partial charge in [-0.25, -0.2) is 0 Å². The van der Waals surface area contributed by atoms with Gasteiger partial charge in [-0.3, -0.25) is 14.8 Å². The van der Waals surface area contributed by atoms with Gasteiger partial charge in [-0.05, 0) is 62.6 Å². The maximum Gasteiger partial charge on any atom is 0.306 e. The first kappa shape index (κ1) is 17.6. The summed E-state index contributed by atoms with van der Waals surface area (Å²) in [5, 5.41) is 9.99. The molecule has 2 rings (SSSR count). The van der Waals surface area contributed by atoms with Crippen molar-refractivity contribution in [3.8, 4) is 6.07 Å². The molecular weight excluding hydrogens is 302 g/mol. The minimum atomic E-state index is -0.942. The van der Waals surface area contributed by atoms with Crippen LogP contribution in [0.25, 0.3) is 0 Å². The molecule has 0 atom stereocenters. The second kappa shape index (κ2) is 7.22. The van der Waals surface area contributed by atoms with E-state index >= 15 is 0 Å². The van der Waals surface area contributed by atoms with Crippen LogP contribution in [0.4, 0.5) is 0 Å². The molecule has 0 bridgehead atoms. The zero-order valence-electron chi connectivity index (χ0n) is 14.2. The Morgan fingerprint density at radius 2 is 1.50 bits per heavy atom. The van der Waals surface area contributed by atoms with Crippen molar-refractivity contribution < 1.29 is 9.53 Å². The number of rotatable bonds is 5. The van der Waals surface area contributed by atoms with Crippen LogP contribution in [0.5, 0.6) is 0 Å². The van der Waals surface area contributed by atoms with Gasteiger partial charge in [-0.15, -0.1) is 0 Å². The highest BCUT2D eigenvalue weighted by atomic mass is 16.6. The van der Waals surface area contributed by atoms with E-state index in [-0.39, 0.29) is 12.4 Å². The number of hydrogen-bond donors (Lipinski definition) is 0. The fourth-order valence-electron chi connectivity index (χ4n) is 2.60. The monoisotopic (exact) mass is 323 g/mol. The number of carbonyl (C=O) groups is 1. The predicted molar refractivity (Wildman–Crippen MR) is 89.9 cm³/mol. The van der Waals surface area contributed by atoms with Gasteiger partial charge in [-0.1, -0.05) is 0 Å². The molecule has 2 heterocycles. The third kappa shape index (κ3) is 4.17. The van der Waals surface area contributed by atoms with Crippen molar-refractivity contribution in [2.24, 2.45) is 0 Å².